The summed E-state index contributed by atoms with van der Waals surface area (Å²) < 4.78 is 5.95. The second-order valence-corrected chi connectivity index (χ2v) is 11.1. The van der Waals surface area contributed by atoms with E-state index in [0.717, 1.165) is 0 Å². The Bertz CT molecular complexity index is 1270. The summed E-state index contributed by atoms with van der Waals surface area (Å²) in [6.45, 7) is 12.9. The molecule has 0 amide bonds. The van der Waals surface area contributed by atoms with Gasteiger partial charge in [0.2, 0.25) is 0 Å². The molecule has 2 aliphatic rings. The molecule has 3 rings (SSSR count). The van der Waals surface area contributed by atoms with Crippen molar-refractivity contribution in [3.63, 3.8) is 0 Å². The maximum Gasteiger partial charge on any atom is 0.199 e. The van der Waals surface area contributed by atoms with Gasteiger partial charge in [-0.2, -0.15) is 0 Å². The lowest BCUT2D eigenvalue weighted by atomic mass is 9.73. The van der Waals surface area contributed by atoms with Crippen molar-refractivity contribution in [1.82, 2.24) is 0 Å². The van der Waals surface area contributed by atoms with Crippen LogP contribution >= 0.6 is 0 Å². The SMILES string of the molecule is CC(C)C(=O)C1=C(O)C(C)(C)C(O)=C(Cc2c(O)c3c(c(C(=O)C(C)C)c2O)OC(C)(C)C=C3)C1=O. The fraction of sp³-hybridized carbons (Fsp3) is 0.464. The van der Waals surface area contributed by atoms with Gasteiger partial charge in [-0.15, -0.1) is 0 Å². The number of Topliss-reactive ketones (excluding diaryl/α,β-unsaturated/α-hetero) is 3. The lowest BCUT2D eigenvalue weighted by Gasteiger charge is -2.33. The van der Waals surface area contributed by atoms with Crippen LogP contribution in [0.15, 0.2) is 28.7 Å². The first-order valence-corrected chi connectivity index (χ1v) is 11.9. The zero-order valence-electron chi connectivity index (χ0n) is 21.9. The summed E-state index contributed by atoms with van der Waals surface area (Å²) in [6, 6.07) is 0. The molecule has 0 saturated heterocycles. The summed E-state index contributed by atoms with van der Waals surface area (Å²) >= 11 is 0. The highest BCUT2D eigenvalue weighted by molar-refractivity contribution is 6.28. The minimum Gasteiger partial charge on any atom is -0.511 e. The number of allylic oxidation sites excluding steroid dienone is 2. The van der Waals surface area contributed by atoms with Crippen LogP contribution in [0.4, 0.5) is 0 Å². The molecule has 0 fully saturated rings. The number of hydrogen-bond donors (Lipinski definition) is 4. The van der Waals surface area contributed by atoms with Gasteiger partial charge in [0.25, 0.3) is 0 Å². The zero-order valence-corrected chi connectivity index (χ0v) is 21.9. The number of aliphatic hydroxyl groups excluding tert-OH is 2. The number of aromatic hydroxyl groups is 2. The van der Waals surface area contributed by atoms with Crippen molar-refractivity contribution in [3.05, 3.63) is 45.4 Å². The second kappa shape index (κ2) is 8.84. The van der Waals surface area contributed by atoms with E-state index in [9.17, 15) is 34.8 Å². The molecule has 194 valence electrons. The highest BCUT2D eigenvalue weighted by Crippen LogP contribution is 2.50. The molecule has 0 bridgehead atoms. The molecule has 1 aromatic rings. The van der Waals surface area contributed by atoms with Gasteiger partial charge < -0.3 is 25.2 Å². The summed E-state index contributed by atoms with van der Waals surface area (Å²) in [7, 11) is 0. The number of hydrogen-bond acceptors (Lipinski definition) is 8. The quantitative estimate of drug-likeness (QED) is 0.313. The first-order chi connectivity index (χ1) is 16.4. The van der Waals surface area contributed by atoms with E-state index in [1.54, 1.807) is 53.7 Å². The van der Waals surface area contributed by atoms with Gasteiger partial charge in [-0.05, 0) is 39.8 Å². The lowest BCUT2D eigenvalue weighted by molar-refractivity contribution is -0.122. The van der Waals surface area contributed by atoms with Crippen LogP contribution in [0, 0.1) is 17.3 Å². The third-order valence-corrected chi connectivity index (χ3v) is 6.65. The number of fused-ring (bicyclic) bond motifs is 1. The average molecular weight is 499 g/mol. The Balaban J connectivity index is 2.28. The van der Waals surface area contributed by atoms with E-state index in [4.69, 9.17) is 4.74 Å². The van der Waals surface area contributed by atoms with Gasteiger partial charge in [0.1, 0.15) is 45.5 Å². The molecule has 1 aliphatic carbocycles. The first kappa shape index (κ1) is 27.0. The molecule has 4 N–H and O–H groups in total. The maximum absolute atomic E-state index is 13.4. The molecular formula is C28H34O8. The Morgan fingerprint density at radius 3 is 1.97 bits per heavy atom. The predicted molar refractivity (Wildman–Crippen MR) is 134 cm³/mol. The van der Waals surface area contributed by atoms with E-state index in [2.05, 4.69) is 0 Å². The van der Waals surface area contributed by atoms with E-state index < -0.39 is 75.2 Å². The molecule has 0 unspecified atom stereocenters. The Hall–Kier alpha value is -3.55. The molecule has 8 nitrogen and oxygen atoms in total. The van der Waals surface area contributed by atoms with Crippen LogP contribution in [0.3, 0.4) is 0 Å². The topological polar surface area (TPSA) is 141 Å². The molecule has 0 radical (unpaired) electrons. The van der Waals surface area contributed by atoms with Crippen molar-refractivity contribution in [3.8, 4) is 17.2 Å². The second-order valence-electron chi connectivity index (χ2n) is 11.1. The Morgan fingerprint density at radius 2 is 1.44 bits per heavy atom. The van der Waals surface area contributed by atoms with Crippen molar-refractivity contribution in [2.75, 3.05) is 0 Å². The van der Waals surface area contributed by atoms with Gasteiger partial charge in [-0.3, -0.25) is 14.4 Å². The number of rotatable bonds is 6. The van der Waals surface area contributed by atoms with Crippen LogP contribution in [0.5, 0.6) is 17.2 Å². The van der Waals surface area contributed by atoms with E-state index >= 15 is 0 Å². The van der Waals surface area contributed by atoms with Crippen molar-refractivity contribution in [2.45, 2.75) is 67.4 Å². The van der Waals surface area contributed by atoms with Crippen molar-refractivity contribution < 1.29 is 39.5 Å². The molecule has 0 atom stereocenters. The molecule has 0 aromatic heterocycles. The fourth-order valence-corrected chi connectivity index (χ4v) is 4.33. The normalized spacial score (nSPS) is 18.6. The number of ether oxygens (including phenoxy) is 1. The molecule has 1 heterocycles. The number of ketones is 3. The summed E-state index contributed by atoms with van der Waals surface area (Å²) in [5.41, 5.74) is -3.13. The number of phenolic OH excluding ortho intramolecular Hbond substituents is 2. The van der Waals surface area contributed by atoms with Crippen LogP contribution in [0.25, 0.3) is 6.08 Å². The van der Waals surface area contributed by atoms with Crippen molar-refractivity contribution >= 4 is 23.4 Å². The molecule has 1 aliphatic heterocycles. The molecule has 36 heavy (non-hydrogen) atoms. The summed E-state index contributed by atoms with van der Waals surface area (Å²) in [5, 5.41) is 44.1. The largest absolute Gasteiger partial charge is 0.511 e. The molecular weight excluding hydrogens is 464 g/mol. The van der Waals surface area contributed by atoms with Crippen LogP contribution < -0.4 is 4.74 Å². The fourth-order valence-electron chi connectivity index (χ4n) is 4.33. The maximum atomic E-state index is 13.4. The van der Waals surface area contributed by atoms with E-state index in [1.807, 2.05) is 0 Å². The third-order valence-electron chi connectivity index (χ3n) is 6.65. The highest BCUT2D eigenvalue weighted by atomic mass is 16.5. The number of aliphatic hydroxyl groups is 2. The van der Waals surface area contributed by atoms with Gasteiger partial charge in [0, 0.05) is 29.4 Å². The molecule has 8 heteroatoms. The Morgan fingerprint density at radius 1 is 0.889 bits per heavy atom. The summed E-state index contributed by atoms with van der Waals surface area (Å²) in [4.78, 5) is 39.3. The van der Waals surface area contributed by atoms with Crippen LogP contribution in [-0.4, -0.2) is 43.4 Å². The zero-order chi connectivity index (χ0) is 27.5. The van der Waals surface area contributed by atoms with Crippen molar-refractivity contribution in [1.29, 1.82) is 0 Å². The minimum atomic E-state index is -1.47. The smallest absolute Gasteiger partial charge is 0.199 e. The Kier molecular flexibility index (Phi) is 6.64. The number of carbonyl (C=O) groups excluding carboxylic acids is 3. The molecule has 0 spiro atoms. The van der Waals surface area contributed by atoms with Crippen LogP contribution in [0.1, 0.15) is 76.9 Å². The Labute approximate surface area is 210 Å². The summed E-state index contributed by atoms with van der Waals surface area (Å²) in [6.07, 6.45) is 2.77. The summed E-state index contributed by atoms with van der Waals surface area (Å²) in [5.74, 6) is -5.05. The van der Waals surface area contributed by atoms with Crippen LogP contribution in [-0.2, 0) is 16.0 Å². The molecule has 1 aromatic carbocycles. The lowest BCUT2D eigenvalue weighted by Crippen LogP contribution is -2.35. The van der Waals surface area contributed by atoms with E-state index in [-0.39, 0.29) is 28.0 Å². The number of carbonyl (C=O) groups is 3. The van der Waals surface area contributed by atoms with Gasteiger partial charge in [0.05, 0.1) is 11.0 Å². The number of benzene rings is 1. The van der Waals surface area contributed by atoms with Gasteiger partial charge in [-0.1, -0.05) is 27.7 Å². The van der Waals surface area contributed by atoms with Gasteiger partial charge in [-0.25, -0.2) is 0 Å². The van der Waals surface area contributed by atoms with Crippen molar-refractivity contribution in [2.24, 2.45) is 17.3 Å². The third kappa shape index (κ3) is 4.18. The average Bonchev–Trinajstić information content (AvgIpc) is 2.76. The first-order valence-electron chi connectivity index (χ1n) is 11.9. The molecule has 0 saturated carbocycles. The monoisotopic (exact) mass is 498 g/mol. The minimum absolute atomic E-state index is 0.0293. The standard InChI is InChI=1S/C28H34O8/c1-12(2)19(29)17-22(32)15(21(31)14-9-10-27(5,6)36-24(14)17)11-16-23(33)18(20(30)13(3)4)26(35)28(7,8)25(16)34/h9-10,12-13,31-32,34-35H,11H2,1-8H3. The number of phenols is 2. The highest BCUT2D eigenvalue weighted by Gasteiger charge is 2.45. The van der Waals surface area contributed by atoms with E-state index in [1.165, 1.54) is 13.8 Å². The van der Waals surface area contributed by atoms with E-state index in [0.29, 0.717) is 0 Å². The van der Waals surface area contributed by atoms with Gasteiger partial charge >= 0.3 is 0 Å². The van der Waals surface area contributed by atoms with Crippen LogP contribution in [0.2, 0.25) is 0 Å². The van der Waals surface area contributed by atoms with Gasteiger partial charge in [0.15, 0.2) is 17.3 Å². The predicted octanol–water partition coefficient (Wildman–Crippen LogP) is 5.12.